The zero-order valence-corrected chi connectivity index (χ0v) is 9.97. The van der Waals surface area contributed by atoms with Crippen LogP contribution in [-0.2, 0) is 15.3 Å². The van der Waals surface area contributed by atoms with Gasteiger partial charge in [0.25, 0.3) is 0 Å². The van der Waals surface area contributed by atoms with Crippen LogP contribution in [0.5, 0.6) is 0 Å². The van der Waals surface area contributed by atoms with Crippen LogP contribution in [-0.4, -0.2) is 24.0 Å². The van der Waals surface area contributed by atoms with Crippen molar-refractivity contribution in [1.29, 1.82) is 0 Å². The molecule has 1 heterocycles. The van der Waals surface area contributed by atoms with Crippen molar-refractivity contribution in [3.63, 3.8) is 0 Å². The number of hydrogen-bond acceptors (Lipinski definition) is 5. The summed E-state index contributed by atoms with van der Waals surface area (Å²) in [6.07, 6.45) is 0. The number of esters is 1. The first-order valence-corrected chi connectivity index (χ1v) is 5.86. The van der Waals surface area contributed by atoms with Gasteiger partial charge >= 0.3 is 5.97 Å². The minimum Gasteiger partial charge on any atom is -0.469 e. The molecule has 0 N–H and O–H groups in total. The van der Waals surface area contributed by atoms with Gasteiger partial charge in [0, 0.05) is 17.6 Å². The van der Waals surface area contributed by atoms with E-state index in [0.29, 0.717) is 0 Å². The summed E-state index contributed by atoms with van der Waals surface area (Å²) in [5.41, 5.74) is 0.912. The topological polar surface area (TPSA) is 52.3 Å². The largest absolute Gasteiger partial charge is 0.469 e. The van der Waals surface area contributed by atoms with Crippen molar-refractivity contribution in [3.05, 3.63) is 17.5 Å². The number of hydrogen-bond donors (Lipinski definition) is 0. The molecule has 0 saturated heterocycles. The molecule has 0 radical (unpaired) electrons. The van der Waals surface area contributed by atoms with Crippen molar-refractivity contribution < 1.29 is 14.1 Å². The number of aryl methyl sites for hydroxylation is 1. The van der Waals surface area contributed by atoms with Crippen LogP contribution in [0.25, 0.3) is 0 Å². The molecule has 1 aromatic rings. The maximum atomic E-state index is 11.1. The Bertz CT molecular complexity index is 324. The predicted molar refractivity (Wildman–Crippen MR) is 58.6 cm³/mol. The second-order valence-electron chi connectivity index (χ2n) is 3.37. The number of ether oxygens (including phenoxy) is 1. The van der Waals surface area contributed by atoms with E-state index in [9.17, 15) is 4.79 Å². The van der Waals surface area contributed by atoms with Crippen LogP contribution in [0, 0.1) is 12.8 Å². The SMILES string of the molecule is COC(=O)C(C)CSCc1cc(C)on1. The molecule has 0 bridgehead atoms. The van der Waals surface area contributed by atoms with Crippen LogP contribution in [0.4, 0.5) is 0 Å². The summed E-state index contributed by atoms with van der Waals surface area (Å²) in [7, 11) is 1.41. The molecule has 84 valence electrons. The lowest BCUT2D eigenvalue weighted by molar-refractivity contribution is -0.143. The molecule has 1 unspecified atom stereocenters. The molecule has 0 aliphatic carbocycles. The lowest BCUT2D eigenvalue weighted by Crippen LogP contribution is -2.14. The van der Waals surface area contributed by atoms with Gasteiger partial charge in [0.1, 0.15) is 5.76 Å². The van der Waals surface area contributed by atoms with E-state index in [1.165, 1.54) is 7.11 Å². The Balaban J connectivity index is 2.24. The molecule has 0 saturated carbocycles. The van der Waals surface area contributed by atoms with Crippen LogP contribution in [0.2, 0.25) is 0 Å². The van der Waals surface area contributed by atoms with E-state index < -0.39 is 0 Å². The Morgan fingerprint density at radius 2 is 2.47 bits per heavy atom. The van der Waals surface area contributed by atoms with Crippen molar-refractivity contribution in [2.45, 2.75) is 19.6 Å². The fraction of sp³-hybridized carbons (Fsp3) is 0.600. The Hall–Kier alpha value is -0.970. The summed E-state index contributed by atoms with van der Waals surface area (Å²) in [6.45, 7) is 3.71. The molecule has 0 aliphatic heterocycles. The van der Waals surface area contributed by atoms with Crippen LogP contribution >= 0.6 is 11.8 Å². The average molecular weight is 229 g/mol. The first-order valence-electron chi connectivity index (χ1n) is 4.71. The van der Waals surface area contributed by atoms with Crippen LogP contribution in [0.15, 0.2) is 10.6 Å². The monoisotopic (exact) mass is 229 g/mol. The van der Waals surface area contributed by atoms with Gasteiger partial charge in [0.15, 0.2) is 0 Å². The number of carbonyl (C=O) groups is 1. The lowest BCUT2D eigenvalue weighted by atomic mass is 10.2. The highest BCUT2D eigenvalue weighted by molar-refractivity contribution is 7.98. The molecule has 5 heteroatoms. The van der Waals surface area contributed by atoms with Crippen LogP contribution in [0.1, 0.15) is 18.4 Å². The summed E-state index contributed by atoms with van der Waals surface area (Å²) >= 11 is 1.65. The number of rotatable bonds is 5. The third-order valence-corrected chi connectivity index (χ3v) is 3.13. The standard InChI is InChI=1S/C10H15NO3S/c1-7(10(12)13-3)5-15-6-9-4-8(2)14-11-9/h4,7H,5-6H2,1-3H3. The third-order valence-electron chi connectivity index (χ3n) is 1.90. The van der Waals surface area contributed by atoms with Gasteiger partial charge in [-0.1, -0.05) is 12.1 Å². The van der Waals surface area contributed by atoms with E-state index in [2.05, 4.69) is 9.89 Å². The van der Waals surface area contributed by atoms with E-state index in [0.717, 1.165) is 23.0 Å². The maximum absolute atomic E-state index is 11.1. The molecule has 0 aromatic carbocycles. The van der Waals surface area contributed by atoms with Crippen molar-refractivity contribution in [3.8, 4) is 0 Å². The van der Waals surface area contributed by atoms with Gasteiger partial charge < -0.3 is 9.26 Å². The number of thioether (sulfide) groups is 1. The van der Waals surface area contributed by atoms with Gasteiger partial charge in [-0.2, -0.15) is 11.8 Å². The molecule has 1 aromatic heterocycles. The number of nitrogens with zero attached hydrogens (tertiary/aromatic N) is 1. The quantitative estimate of drug-likeness (QED) is 0.723. The Morgan fingerprint density at radius 3 is 3.00 bits per heavy atom. The fourth-order valence-corrected chi connectivity index (χ4v) is 2.05. The number of methoxy groups -OCH3 is 1. The van der Waals surface area contributed by atoms with Crippen molar-refractivity contribution in [2.24, 2.45) is 5.92 Å². The highest BCUT2D eigenvalue weighted by Gasteiger charge is 2.13. The van der Waals surface area contributed by atoms with E-state index in [4.69, 9.17) is 4.52 Å². The first kappa shape index (κ1) is 12.1. The average Bonchev–Trinajstić information content (AvgIpc) is 2.63. The van der Waals surface area contributed by atoms with E-state index in [1.54, 1.807) is 11.8 Å². The molecular formula is C10H15NO3S. The van der Waals surface area contributed by atoms with Gasteiger partial charge in [0.05, 0.1) is 18.7 Å². The number of carbonyl (C=O) groups excluding carboxylic acids is 1. The summed E-state index contributed by atoms with van der Waals surface area (Å²) < 4.78 is 9.57. The second-order valence-corrected chi connectivity index (χ2v) is 4.40. The zero-order valence-electron chi connectivity index (χ0n) is 9.15. The van der Waals surface area contributed by atoms with Gasteiger partial charge in [0.2, 0.25) is 0 Å². The van der Waals surface area contributed by atoms with Crippen LogP contribution in [0.3, 0.4) is 0 Å². The molecule has 0 fully saturated rings. The van der Waals surface area contributed by atoms with Gasteiger partial charge in [-0.3, -0.25) is 4.79 Å². The van der Waals surface area contributed by atoms with E-state index in [1.807, 2.05) is 19.9 Å². The smallest absolute Gasteiger partial charge is 0.309 e. The summed E-state index contributed by atoms with van der Waals surface area (Å²) in [4.78, 5) is 11.1. The zero-order chi connectivity index (χ0) is 11.3. The minimum atomic E-state index is -0.168. The number of aromatic nitrogens is 1. The molecule has 4 nitrogen and oxygen atoms in total. The van der Waals surface area contributed by atoms with Crippen LogP contribution < -0.4 is 0 Å². The fourth-order valence-electron chi connectivity index (χ4n) is 1.10. The summed E-state index contributed by atoms with van der Waals surface area (Å²) in [5.74, 6) is 2.07. The maximum Gasteiger partial charge on any atom is 0.309 e. The summed E-state index contributed by atoms with van der Waals surface area (Å²) in [5, 5.41) is 3.87. The van der Waals surface area contributed by atoms with Crippen molar-refractivity contribution in [2.75, 3.05) is 12.9 Å². The summed E-state index contributed by atoms with van der Waals surface area (Å²) in [6, 6.07) is 1.90. The molecular weight excluding hydrogens is 214 g/mol. The third kappa shape index (κ3) is 3.95. The van der Waals surface area contributed by atoms with Gasteiger partial charge in [-0.15, -0.1) is 0 Å². The van der Waals surface area contributed by atoms with E-state index >= 15 is 0 Å². The molecule has 1 atom stereocenters. The normalized spacial score (nSPS) is 12.5. The van der Waals surface area contributed by atoms with Gasteiger partial charge in [-0.25, -0.2) is 0 Å². The highest BCUT2D eigenvalue weighted by atomic mass is 32.2. The molecule has 0 aliphatic rings. The molecule has 0 amide bonds. The lowest BCUT2D eigenvalue weighted by Gasteiger charge is -2.06. The van der Waals surface area contributed by atoms with Crippen molar-refractivity contribution in [1.82, 2.24) is 5.16 Å². The molecule has 1 rings (SSSR count). The minimum absolute atomic E-state index is 0.0759. The van der Waals surface area contributed by atoms with Gasteiger partial charge in [-0.05, 0) is 6.92 Å². The second kappa shape index (κ2) is 5.80. The Labute approximate surface area is 93.3 Å². The Kier molecular flexibility index (Phi) is 4.68. The molecule has 0 spiro atoms. The first-order chi connectivity index (χ1) is 7.13. The Morgan fingerprint density at radius 1 is 1.73 bits per heavy atom. The highest BCUT2D eigenvalue weighted by Crippen LogP contribution is 2.15. The van der Waals surface area contributed by atoms with E-state index in [-0.39, 0.29) is 11.9 Å². The predicted octanol–water partition coefficient (Wildman–Crippen LogP) is 2.03. The molecule has 15 heavy (non-hydrogen) atoms. The van der Waals surface area contributed by atoms with Crippen molar-refractivity contribution >= 4 is 17.7 Å².